The van der Waals surface area contributed by atoms with E-state index in [1.54, 1.807) is 0 Å². The molecule has 2 saturated heterocycles. The van der Waals surface area contributed by atoms with Gasteiger partial charge in [-0.25, -0.2) is 0 Å². The third kappa shape index (κ3) is 4.72. The molecule has 2 rings (SSSR count). The van der Waals surface area contributed by atoms with Crippen molar-refractivity contribution in [2.45, 2.75) is 110 Å². The van der Waals surface area contributed by atoms with Gasteiger partial charge in [0.1, 0.15) is 0 Å². The van der Waals surface area contributed by atoms with E-state index < -0.39 is 0 Å². The predicted molar refractivity (Wildman–Crippen MR) is 99.1 cm³/mol. The Morgan fingerprint density at radius 2 is 1.75 bits per heavy atom. The first-order valence-electron chi connectivity index (χ1n) is 9.80. The number of carbonyl (C=O) groups is 1. The molecule has 0 aromatic rings. The Balaban J connectivity index is 2.19. The molecule has 3 atom stereocenters. The van der Waals surface area contributed by atoms with E-state index in [0.717, 1.165) is 38.6 Å². The normalized spacial score (nSPS) is 32.7. The highest BCUT2D eigenvalue weighted by Gasteiger charge is 2.44. The summed E-state index contributed by atoms with van der Waals surface area (Å²) in [5.41, 5.74) is 0.116. The zero-order chi connectivity index (χ0) is 18.1. The molecule has 4 nitrogen and oxygen atoms in total. The fourth-order valence-corrected chi connectivity index (χ4v) is 4.87. The van der Waals surface area contributed by atoms with E-state index in [4.69, 9.17) is 4.74 Å². The Bertz CT molecular complexity index is 431. The molecule has 2 aliphatic rings. The summed E-state index contributed by atoms with van der Waals surface area (Å²) >= 11 is 0. The van der Waals surface area contributed by atoms with E-state index >= 15 is 0 Å². The van der Waals surface area contributed by atoms with Gasteiger partial charge in [-0.1, -0.05) is 13.3 Å². The molecule has 0 aliphatic carbocycles. The van der Waals surface area contributed by atoms with Crippen molar-refractivity contribution in [3.05, 3.63) is 0 Å². The monoisotopic (exact) mass is 338 g/mol. The van der Waals surface area contributed by atoms with Crippen molar-refractivity contribution >= 4 is 5.91 Å². The van der Waals surface area contributed by atoms with Crippen LogP contribution in [-0.4, -0.2) is 46.7 Å². The molecule has 3 unspecified atom stereocenters. The van der Waals surface area contributed by atoms with Crippen LogP contribution in [0, 0.1) is 5.92 Å². The van der Waals surface area contributed by atoms with Crippen molar-refractivity contribution in [1.29, 1.82) is 0 Å². The van der Waals surface area contributed by atoms with Gasteiger partial charge in [0.05, 0.1) is 18.1 Å². The molecule has 1 amide bonds. The van der Waals surface area contributed by atoms with Gasteiger partial charge in [-0.15, -0.1) is 0 Å². The van der Waals surface area contributed by atoms with E-state index in [1.807, 2.05) is 0 Å². The van der Waals surface area contributed by atoms with Crippen LogP contribution >= 0.6 is 0 Å². The highest BCUT2D eigenvalue weighted by Crippen LogP contribution is 2.35. The van der Waals surface area contributed by atoms with Crippen molar-refractivity contribution in [2.24, 2.45) is 5.92 Å². The molecule has 0 aromatic heterocycles. The number of nitrogens with zero attached hydrogens (tertiary/aromatic N) is 1. The van der Waals surface area contributed by atoms with Crippen molar-refractivity contribution < 1.29 is 9.53 Å². The summed E-state index contributed by atoms with van der Waals surface area (Å²) in [6, 6.07) is 0.318. The summed E-state index contributed by atoms with van der Waals surface area (Å²) < 4.78 is 5.86. The maximum Gasteiger partial charge on any atom is 0.228 e. The first-order chi connectivity index (χ1) is 11.0. The van der Waals surface area contributed by atoms with Crippen molar-refractivity contribution in [2.75, 3.05) is 6.54 Å². The zero-order valence-electron chi connectivity index (χ0n) is 16.8. The van der Waals surface area contributed by atoms with Gasteiger partial charge in [0.15, 0.2) is 0 Å². The van der Waals surface area contributed by atoms with Crippen LogP contribution < -0.4 is 5.32 Å². The molecule has 0 spiro atoms. The first-order valence-corrected chi connectivity index (χ1v) is 9.80. The summed E-state index contributed by atoms with van der Waals surface area (Å²) in [6.07, 6.45) is 5.33. The summed E-state index contributed by atoms with van der Waals surface area (Å²) in [7, 11) is 0. The number of nitrogens with one attached hydrogen (secondary N) is 1. The molecular formula is C20H38N2O2. The lowest BCUT2D eigenvalue weighted by molar-refractivity contribution is -0.141. The number of hydrogen-bond acceptors (Lipinski definition) is 3. The molecule has 24 heavy (non-hydrogen) atoms. The van der Waals surface area contributed by atoms with Gasteiger partial charge in [-0.3, -0.25) is 4.79 Å². The Hall–Kier alpha value is -0.610. The molecule has 2 fully saturated rings. The molecule has 2 aliphatic heterocycles. The lowest BCUT2D eigenvalue weighted by atomic mass is 9.78. The molecule has 1 N–H and O–H groups in total. The molecule has 0 bridgehead atoms. The summed E-state index contributed by atoms with van der Waals surface area (Å²) in [6.45, 7) is 16.2. The molecule has 4 heteroatoms. The largest absolute Gasteiger partial charge is 0.375 e. The van der Waals surface area contributed by atoms with E-state index in [0.29, 0.717) is 11.9 Å². The Morgan fingerprint density at radius 1 is 1.17 bits per heavy atom. The van der Waals surface area contributed by atoms with E-state index in [9.17, 15) is 4.79 Å². The standard InChI is InChI=1S/C20H38N2O2/c1-8-9-10-22(18(23)17-11-14(2)24-15(17)3)16-12-19(4,5)21-20(6,7)13-16/h14-17,21H,8-13H2,1-7H3. The predicted octanol–water partition coefficient (Wildman–Crippen LogP) is 3.74. The van der Waals surface area contributed by atoms with Crippen molar-refractivity contribution in [3.8, 4) is 0 Å². The fourth-order valence-electron chi connectivity index (χ4n) is 4.87. The highest BCUT2D eigenvalue weighted by atomic mass is 16.5. The fraction of sp³-hybridized carbons (Fsp3) is 0.950. The molecule has 2 heterocycles. The number of amides is 1. The van der Waals surface area contributed by atoms with Gasteiger partial charge in [-0.2, -0.15) is 0 Å². The van der Waals surface area contributed by atoms with Crippen molar-refractivity contribution in [1.82, 2.24) is 10.2 Å². The number of unbranched alkanes of at least 4 members (excludes halogenated alkanes) is 1. The third-order valence-electron chi connectivity index (χ3n) is 5.56. The van der Waals surface area contributed by atoms with Crippen LogP contribution in [0.25, 0.3) is 0 Å². The van der Waals surface area contributed by atoms with E-state index in [-0.39, 0.29) is 29.2 Å². The Morgan fingerprint density at radius 3 is 2.21 bits per heavy atom. The quantitative estimate of drug-likeness (QED) is 0.830. The van der Waals surface area contributed by atoms with Crippen LogP contribution in [0.1, 0.15) is 80.6 Å². The lowest BCUT2D eigenvalue weighted by Crippen LogP contribution is -2.63. The minimum Gasteiger partial charge on any atom is -0.375 e. The molecule has 0 saturated carbocycles. The molecular weight excluding hydrogens is 300 g/mol. The Labute approximate surface area is 148 Å². The number of ether oxygens (including phenoxy) is 1. The average Bonchev–Trinajstić information content (AvgIpc) is 2.74. The topological polar surface area (TPSA) is 41.6 Å². The second kappa shape index (κ2) is 7.33. The zero-order valence-corrected chi connectivity index (χ0v) is 16.8. The summed E-state index contributed by atoms with van der Waals surface area (Å²) in [4.78, 5) is 15.6. The van der Waals surface area contributed by atoms with Crippen LogP contribution in [-0.2, 0) is 9.53 Å². The minimum absolute atomic E-state index is 0.0259. The molecule has 140 valence electrons. The maximum absolute atomic E-state index is 13.4. The van der Waals surface area contributed by atoms with Gasteiger partial charge < -0.3 is 15.0 Å². The van der Waals surface area contributed by atoms with Gasteiger partial charge in [0.25, 0.3) is 0 Å². The SMILES string of the molecule is CCCCN(C(=O)C1CC(C)OC1C)C1CC(C)(C)NC(C)(C)C1. The van der Waals surface area contributed by atoms with Crippen LogP contribution in [0.4, 0.5) is 0 Å². The van der Waals surface area contributed by atoms with Crippen LogP contribution in [0.3, 0.4) is 0 Å². The van der Waals surface area contributed by atoms with Crippen LogP contribution in [0.15, 0.2) is 0 Å². The number of carbonyl (C=O) groups excluding carboxylic acids is 1. The minimum atomic E-state index is 0.0259. The van der Waals surface area contributed by atoms with Gasteiger partial charge in [0, 0.05) is 23.7 Å². The van der Waals surface area contributed by atoms with E-state index in [2.05, 4.69) is 58.7 Å². The Kier molecular flexibility index (Phi) is 6.02. The van der Waals surface area contributed by atoms with Crippen molar-refractivity contribution in [3.63, 3.8) is 0 Å². The van der Waals surface area contributed by atoms with Crippen LogP contribution in [0.2, 0.25) is 0 Å². The van der Waals surface area contributed by atoms with Gasteiger partial charge >= 0.3 is 0 Å². The van der Waals surface area contributed by atoms with Gasteiger partial charge in [0.2, 0.25) is 5.91 Å². The summed E-state index contributed by atoms with van der Waals surface area (Å²) in [5, 5.41) is 3.73. The second-order valence-corrected chi connectivity index (χ2v) is 9.33. The average molecular weight is 339 g/mol. The lowest BCUT2D eigenvalue weighted by Gasteiger charge is -2.50. The first kappa shape index (κ1) is 19.7. The highest BCUT2D eigenvalue weighted by molar-refractivity contribution is 5.80. The second-order valence-electron chi connectivity index (χ2n) is 9.33. The van der Waals surface area contributed by atoms with E-state index in [1.165, 1.54) is 0 Å². The third-order valence-corrected chi connectivity index (χ3v) is 5.56. The maximum atomic E-state index is 13.4. The summed E-state index contributed by atoms with van der Waals surface area (Å²) in [5.74, 6) is 0.344. The smallest absolute Gasteiger partial charge is 0.228 e. The van der Waals surface area contributed by atoms with Gasteiger partial charge in [-0.05, 0) is 67.2 Å². The molecule has 0 radical (unpaired) electrons. The number of hydrogen-bond donors (Lipinski definition) is 1. The number of piperidine rings is 1. The number of rotatable bonds is 5. The van der Waals surface area contributed by atoms with Crippen LogP contribution in [0.5, 0.6) is 0 Å². The molecule has 0 aromatic carbocycles.